The molecular formula is C26H32N4O2. The molecule has 4 rings (SSSR count). The first-order chi connectivity index (χ1) is 15.3. The molecule has 2 aromatic carbocycles. The van der Waals surface area contributed by atoms with E-state index in [-0.39, 0.29) is 12.6 Å². The summed E-state index contributed by atoms with van der Waals surface area (Å²) in [6.07, 6.45) is 1.93. The molecule has 0 saturated carbocycles. The summed E-state index contributed by atoms with van der Waals surface area (Å²) < 4.78 is 0. The molecule has 1 atom stereocenters. The molecule has 2 N–H and O–H groups in total. The highest BCUT2D eigenvalue weighted by molar-refractivity contribution is 5.90. The van der Waals surface area contributed by atoms with Gasteiger partial charge in [-0.3, -0.25) is 9.69 Å². The number of fused-ring (bicyclic) bond motifs is 1. The van der Waals surface area contributed by atoms with Gasteiger partial charge in [0.15, 0.2) is 0 Å². The first-order valence-corrected chi connectivity index (χ1v) is 11.4. The molecule has 0 unspecified atom stereocenters. The fourth-order valence-corrected chi connectivity index (χ4v) is 4.78. The predicted molar refractivity (Wildman–Crippen MR) is 128 cm³/mol. The maximum atomic E-state index is 11.0. The standard InChI is InChI=1S/C26H32N4O2/c1-16-6-5-7-21(12-16)18(3)27-26-23-14-22(17(2)13-24(23)28-19(4)29-26)20-8-10-30(11-9-20)15-25(31)32/h5-7,12-14,18,20H,8-11,15H2,1-4H3,(H,31,32)(H,27,28,29)/t18-/m1/s1. The van der Waals surface area contributed by atoms with Gasteiger partial charge in [0.2, 0.25) is 0 Å². The second kappa shape index (κ2) is 9.25. The average Bonchev–Trinajstić information content (AvgIpc) is 2.73. The Kier molecular flexibility index (Phi) is 6.42. The van der Waals surface area contributed by atoms with Gasteiger partial charge in [0.05, 0.1) is 12.1 Å². The third kappa shape index (κ3) is 4.91. The minimum Gasteiger partial charge on any atom is -0.480 e. The van der Waals surface area contributed by atoms with E-state index >= 15 is 0 Å². The van der Waals surface area contributed by atoms with Crippen LogP contribution in [0.4, 0.5) is 5.82 Å². The molecule has 1 fully saturated rings. The van der Waals surface area contributed by atoms with Crippen LogP contribution in [-0.4, -0.2) is 45.6 Å². The highest BCUT2D eigenvalue weighted by Crippen LogP contribution is 2.35. The van der Waals surface area contributed by atoms with Gasteiger partial charge >= 0.3 is 5.97 Å². The maximum Gasteiger partial charge on any atom is 0.317 e. The lowest BCUT2D eigenvalue weighted by Gasteiger charge is -2.32. The number of carboxylic acid groups (broad SMARTS) is 1. The Labute approximate surface area is 189 Å². The Bertz CT molecular complexity index is 1140. The van der Waals surface area contributed by atoms with Crippen LogP contribution >= 0.6 is 0 Å². The van der Waals surface area contributed by atoms with Gasteiger partial charge in [-0.05, 0) is 88.4 Å². The van der Waals surface area contributed by atoms with Gasteiger partial charge in [0.25, 0.3) is 0 Å². The highest BCUT2D eigenvalue weighted by Gasteiger charge is 2.24. The maximum absolute atomic E-state index is 11.0. The van der Waals surface area contributed by atoms with Gasteiger partial charge in [0, 0.05) is 11.4 Å². The number of rotatable bonds is 6. The van der Waals surface area contributed by atoms with E-state index < -0.39 is 5.97 Å². The molecule has 32 heavy (non-hydrogen) atoms. The van der Waals surface area contributed by atoms with E-state index in [1.807, 2.05) is 11.8 Å². The third-order valence-corrected chi connectivity index (χ3v) is 6.48. The van der Waals surface area contributed by atoms with Crippen molar-refractivity contribution in [1.29, 1.82) is 0 Å². The number of carbonyl (C=O) groups is 1. The lowest BCUT2D eigenvalue weighted by atomic mass is 9.86. The largest absolute Gasteiger partial charge is 0.480 e. The molecule has 1 saturated heterocycles. The highest BCUT2D eigenvalue weighted by atomic mass is 16.4. The predicted octanol–water partition coefficient (Wildman–Crippen LogP) is 4.99. The first kappa shape index (κ1) is 22.2. The summed E-state index contributed by atoms with van der Waals surface area (Å²) in [4.78, 5) is 22.5. The van der Waals surface area contributed by atoms with Crippen LogP contribution in [0.25, 0.3) is 10.9 Å². The van der Waals surface area contributed by atoms with Crippen LogP contribution in [0.5, 0.6) is 0 Å². The van der Waals surface area contributed by atoms with Crippen LogP contribution in [-0.2, 0) is 4.79 Å². The minimum atomic E-state index is -0.753. The Morgan fingerprint density at radius 1 is 1.16 bits per heavy atom. The smallest absolute Gasteiger partial charge is 0.317 e. The van der Waals surface area contributed by atoms with Gasteiger partial charge in [-0.25, -0.2) is 9.97 Å². The van der Waals surface area contributed by atoms with Gasteiger partial charge in [-0.1, -0.05) is 29.8 Å². The summed E-state index contributed by atoms with van der Waals surface area (Å²) in [6, 6.07) is 13.1. The average molecular weight is 433 g/mol. The molecule has 1 aliphatic heterocycles. The van der Waals surface area contributed by atoms with E-state index in [4.69, 9.17) is 15.1 Å². The van der Waals surface area contributed by atoms with Crippen LogP contribution in [0.1, 0.15) is 59.8 Å². The van der Waals surface area contributed by atoms with Crippen molar-refractivity contribution < 1.29 is 9.90 Å². The molecule has 6 nitrogen and oxygen atoms in total. The van der Waals surface area contributed by atoms with Gasteiger partial charge in [0.1, 0.15) is 11.6 Å². The van der Waals surface area contributed by atoms with Crippen LogP contribution in [0, 0.1) is 20.8 Å². The fraction of sp³-hybridized carbons (Fsp3) is 0.423. The monoisotopic (exact) mass is 432 g/mol. The molecule has 1 aliphatic rings. The van der Waals surface area contributed by atoms with E-state index in [0.717, 1.165) is 48.5 Å². The van der Waals surface area contributed by atoms with Gasteiger partial charge in [-0.15, -0.1) is 0 Å². The molecule has 0 amide bonds. The summed E-state index contributed by atoms with van der Waals surface area (Å²) in [7, 11) is 0. The minimum absolute atomic E-state index is 0.122. The number of aryl methyl sites for hydroxylation is 3. The zero-order chi connectivity index (χ0) is 22.8. The zero-order valence-electron chi connectivity index (χ0n) is 19.4. The van der Waals surface area contributed by atoms with Crippen molar-refractivity contribution in [1.82, 2.24) is 14.9 Å². The van der Waals surface area contributed by atoms with Crippen molar-refractivity contribution in [3.63, 3.8) is 0 Å². The molecular weight excluding hydrogens is 400 g/mol. The lowest BCUT2D eigenvalue weighted by molar-refractivity contribution is -0.138. The Morgan fingerprint density at radius 3 is 2.59 bits per heavy atom. The number of anilines is 1. The quantitative estimate of drug-likeness (QED) is 0.571. The molecule has 0 spiro atoms. The summed E-state index contributed by atoms with van der Waals surface area (Å²) in [5.41, 5.74) is 6.00. The molecule has 6 heteroatoms. The number of likely N-dealkylation sites (tertiary alicyclic amines) is 1. The van der Waals surface area contributed by atoms with Crippen molar-refractivity contribution in [3.05, 3.63) is 64.5 Å². The van der Waals surface area contributed by atoms with E-state index in [0.29, 0.717) is 5.92 Å². The van der Waals surface area contributed by atoms with E-state index in [9.17, 15) is 4.79 Å². The second-order valence-corrected chi connectivity index (χ2v) is 9.07. The SMILES string of the molecule is Cc1cccc([C@@H](C)Nc2nc(C)nc3cc(C)c(C4CCN(CC(=O)O)CC4)cc23)c1. The van der Waals surface area contributed by atoms with Gasteiger partial charge in [-0.2, -0.15) is 0 Å². The summed E-state index contributed by atoms with van der Waals surface area (Å²) >= 11 is 0. The summed E-state index contributed by atoms with van der Waals surface area (Å²) in [5, 5.41) is 13.7. The summed E-state index contributed by atoms with van der Waals surface area (Å²) in [5.74, 6) is 1.29. The van der Waals surface area contributed by atoms with Crippen molar-refractivity contribution in [2.24, 2.45) is 0 Å². The number of piperidine rings is 1. The number of hydrogen-bond acceptors (Lipinski definition) is 5. The van der Waals surface area contributed by atoms with Crippen molar-refractivity contribution in [3.8, 4) is 0 Å². The van der Waals surface area contributed by atoms with Crippen LogP contribution in [0.2, 0.25) is 0 Å². The Hall–Kier alpha value is -2.99. The summed E-state index contributed by atoms with van der Waals surface area (Å²) in [6.45, 7) is 10.1. The van der Waals surface area contributed by atoms with Crippen molar-refractivity contribution in [2.75, 3.05) is 25.0 Å². The number of nitrogens with zero attached hydrogens (tertiary/aromatic N) is 3. The molecule has 168 valence electrons. The Morgan fingerprint density at radius 2 is 1.91 bits per heavy atom. The topological polar surface area (TPSA) is 78.4 Å². The number of benzene rings is 2. The number of nitrogens with one attached hydrogen (secondary N) is 1. The van der Waals surface area contributed by atoms with Crippen molar-refractivity contribution >= 4 is 22.7 Å². The van der Waals surface area contributed by atoms with Crippen molar-refractivity contribution in [2.45, 2.75) is 52.5 Å². The van der Waals surface area contributed by atoms with E-state index in [1.165, 1.54) is 22.3 Å². The van der Waals surface area contributed by atoms with Crippen LogP contribution in [0.3, 0.4) is 0 Å². The number of aliphatic carboxylic acids is 1. The number of carboxylic acids is 1. The molecule has 3 aromatic rings. The molecule has 0 radical (unpaired) electrons. The number of aromatic nitrogens is 2. The normalized spacial score (nSPS) is 16.2. The zero-order valence-corrected chi connectivity index (χ0v) is 19.4. The Balaban J connectivity index is 1.63. The second-order valence-electron chi connectivity index (χ2n) is 9.07. The van der Waals surface area contributed by atoms with E-state index in [1.54, 1.807) is 0 Å². The fourth-order valence-electron chi connectivity index (χ4n) is 4.78. The molecule has 0 aliphatic carbocycles. The third-order valence-electron chi connectivity index (χ3n) is 6.48. The lowest BCUT2D eigenvalue weighted by Crippen LogP contribution is -2.36. The van der Waals surface area contributed by atoms with E-state index in [2.05, 4.69) is 62.5 Å². The molecule has 0 bridgehead atoms. The number of hydrogen-bond donors (Lipinski definition) is 2. The van der Waals surface area contributed by atoms with Crippen LogP contribution < -0.4 is 5.32 Å². The van der Waals surface area contributed by atoms with Gasteiger partial charge < -0.3 is 10.4 Å². The molecule has 1 aromatic heterocycles. The first-order valence-electron chi connectivity index (χ1n) is 11.4. The molecule has 2 heterocycles. The van der Waals surface area contributed by atoms with Crippen LogP contribution in [0.15, 0.2) is 36.4 Å².